The Labute approximate surface area is 167 Å². The second kappa shape index (κ2) is 8.34. The summed E-state index contributed by atoms with van der Waals surface area (Å²) in [6, 6.07) is 15.0. The van der Waals surface area contributed by atoms with Crippen molar-refractivity contribution in [1.29, 1.82) is 0 Å². The molecule has 0 saturated carbocycles. The van der Waals surface area contributed by atoms with Gasteiger partial charge in [0.1, 0.15) is 0 Å². The van der Waals surface area contributed by atoms with E-state index < -0.39 is 5.76 Å². The number of nitrogens with one attached hydrogen (secondary N) is 1. The van der Waals surface area contributed by atoms with Crippen molar-refractivity contribution >= 4 is 28.6 Å². The molecule has 0 spiro atoms. The Morgan fingerprint density at radius 2 is 1.86 bits per heavy atom. The summed E-state index contributed by atoms with van der Waals surface area (Å²) in [5, 5.41) is 2.90. The van der Waals surface area contributed by atoms with E-state index in [4.69, 9.17) is 4.42 Å². The molecule has 0 atom stereocenters. The zero-order valence-electron chi connectivity index (χ0n) is 16.1. The van der Waals surface area contributed by atoms with Crippen molar-refractivity contribution in [1.82, 2.24) is 9.88 Å². The van der Waals surface area contributed by atoms with Crippen LogP contribution in [-0.4, -0.2) is 22.9 Å². The molecule has 1 aliphatic heterocycles. The molecule has 2 amide bonds. The number of oxazole rings is 1. The molecule has 0 bridgehead atoms. The van der Waals surface area contributed by atoms with Crippen LogP contribution >= 0.6 is 0 Å². The van der Waals surface area contributed by atoms with Crippen LogP contribution in [0.2, 0.25) is 0 Å². The summed E-state index contributed by atoms with van der Waals surface area (Å²) in [7, 11) is 0. The highest BCUT2D eigenvalue weighted by atomic mass is 16.4. The van der Waals surface area contributed by atoms with E-state index in [0.29, 0.717) is 37.9 Å². The number of hydrogen-bond acceptors (Lipinski definition) is 4. The Morgan fingerprint density at radius 1 is 1.07 bits per heavy atom. The van der Waals surface area contributed by atoms with Crippen LogP contribution in [0.25, 0.3) is 11.1 Å². The van der Waals surface area contributed by atoms with Gasteiger partial charge in [-0.05, 0) is 42.7 Å². The molecule has 2 aromatic carbocycles. The van der Waals surface area contributed by atoms with Crippen molar-refractivity contribution in [3.63, 3.8) is 0 Å². The molecule has 4 rings (SSSR count). The monoisotopic (exact) mass is 393 g/mol. The first-order chi connectivity index (χ1) is 14.1. The molecule has 0 unspecified atom stereocenters. The average molecular weight is 393 g/mol. The number of hydrogen-bond donors (Lipinski definition) is 1. The maximum Gasteiger partial charge on any atom is 0.419 e. The van der Waals surface area contributed by atoms with Crippen LogP contribution in [0.15, 0.2) is 57.7 Å². The summed E-state index contributed by atoms with van der Waals surface area (Å²) < 4.78 is 6.75. The molecule has 1 saturated heterocycles. The lowest BCUT2D eigenvalue weighted by atomic mass is 10.2. The van der Waals surface area contributed by atoms with Gasteiger partial charge in [0.15, 0.2) is 5.58 Å². The lowest BCUT2D eigenvalue weighted by Crippen LogP contribution is -2.24. The Bertz CT molecular complexity index is 1080. The van der Waals surface area contributed by atoms with E-state index in [1.54, 1.807) is 15.5 Å². The van der Waals surface area contributed by atoms with Gasteiger partial charge in [0, 0.05) is 38.2 Å². The highest BCUT2D eigenvalue weighted by Gasteiger charge is 2.21. The number of aromatic nitrogens is 1. The Balaban J connectivity index is 1.25. The maximum atomic E-state index is 12.1. The molecule has 150 valence electrons. The molecule has 0 aliphatic carbocycles. The molecule has 1 fully saturated rings. The third-order valence-electron chi connectivity index (χ3n) is 5.17. The number of fused-ring (bicyclic) bond motifs is 1. The molecular weight excluding hydrogens is 370 g/mol. The SMILES string of the molecule is O=C(CCCn1c(=O)oc2ccccc21)NCc1ccc(N2CCCC2=O)cc1. The number of benzene rings is 2. The third-order valence-corrected chi connectivity index (χ3v) is 5.17. The topological polar surface area (TPSA) is 84.5 Å². The normalized spacial score (nSPS) is 13.9. The fourth-order valence-corrected chi connectivity index (χ4v) is 3.63. The average Bonchev–Trinajstić information content (AvgIpc) is 3.30. The van der Waals surface area contributed by atoms with E-state index >= 15 is 0 Å². The first kappa shape index (κ1) is 19.0. The van der Waals surface area contributed by atoms with Crippen LogP contribution in [0.4, 0.5) is 5.69 Å². The molecule has 29 heavy (non-hydrogen) atoms. The Morgan fingerprint density at radius 3 is 2.62 bits per heavy atom. The molecule has 0 radical (unpaired) electrons. The van der Waals surface area contributed by atoms with Gasteiger partial charge in [0.2, 0.25) is 11.8 Å². The second-order valence-electron chi connectivity index (χ2n) is 7.18. The number of para-hydroxylation sites is 2. The van der Waals surface area contributed by atoms with Gasteiger partial charge in [-0.15, -0.1) is 0 Å². The van der Waals surface area contributed by atoms with Gasteiger partial charge in [-0.25, -0.2) is 4.79 Å². The molecular formula is C22H23N3O4. The number of carbonyl (C=O) groups is 2. The first-order valence-electron chi connectivity index (χ1n) is 9.86. The van der Waals surface area contributed by atoms with E-state index in [0.717, 1.165) is 29.7 Å². The smallest absolute Gasteiger partial charge is 0.408 e. The highest BCUT2D eigenvalue weighted by Crippen LogP contribution is 2.21. The van der Waals surface area contributed by atoms with Crippen molar-refractivity contribution in [3.8, 4) is 0 Å². The summed E-state index contributed by atoms with van der Waals surface area (Å²) in [5.41, 5.74) is 3.18. The lowest BCUT2D eigenvalue weighted by molar-refractivity contribution is -0.121. The summed E-state index contributed by atoms with van der Waals surface area (Å²) in [5.74, 6) is -0.302. The standard InChI is InChI=1S/C22H23N3O4/c26-20(7-3-14-25-18-5-1-2-6-19(18)29-22(25)28)23-15-16-9-11-17(12-10-16)24-13-4-8-21(24)27/h1-2,5-6,9-12H,3-4,7-8,13-15H2,(H,23,26). The minimum atomic E-state index is -0.400. The maximum absolute atomic E-state index is 12.1. The van der Waals surface area contributed by atoms with Gasteiger partial charge in [-0.1, -0.05) is 24.3 Å². The predicted octanol–water partition coefficient (Wildman–Crippen LogP) is 2.82. The van der Waals surface area contributed by atoms with Gasteiger partial charge in [-0.3, -0.25) is 14.2 Å². The molecule has 1 N–H and O–H groups in total. The zero-order valence-corrected chi connectivity index (χ0v) is 16.1. The van der Waals surface area contributed by atoms with Gasteiger partial charge in [0.25, 0.3) is 0 Å². The van der Waals surface area contributed by atoms with Crippen molar-refractivity contribution in [3.05, 3.63) is 64.6 Å². The van der Waals surface area contributed by atoms with E-state index in [9.17, 15) is 14.4 Å². The molecule has 7 nitrogen and oxygen atoms in total. The fraction of sp³-hybridized carbons (Fsp3) is 0.318. The quantitative estimate of drug-likeness (QED) is 0.669. The molecule has 1 aromatic heterocycles. The summed E-state index contributed by atoms with van der Waals surface area (Å²) in [6.07, 6.45) is 2.38. The van der Waals surface area contributed by atoms with E-state index in [1.807, 2.05) is 42.5 Å². The first-order valence-corrected chi connectivity index (χ1v) is 9.86. The fourth-order valence-electron chi connectivity index (χ4n) is 3.63. The number of carbonyl (C=O) groups excluding carboxylic acids is 2. The zero-order chi connectivity index (χ0) is 20.2. The summed E-state index contributed by atoms with van der Waals surface area (Å²) in [4.78, 5) is 37.7. The van der Waals surface area contributed by atoms with Crippen LogP contribution in [0.3, 0.4) is 0 Å². The minimum Gasteiger partial charge on any atom is -0.408 e. The van der Waals surface area contributed by atoms with Crippen LogP contribution in [0, 0.1) is 0 Å². The van der Waals surface area contributed by atoms with Crippen molar-refractivity contribution in [2.24, 2.45) is 0 Å². The lowest BCUT2D eigenvalue weighted by Gasteiger charge is -2.16. The number of amides is 2. The number of rotatable bonds is 7. The second-order valence-corrected chi connectivity index (χ2v) is 7.18. The molecule has 7 heteroatoms. The summed E-state index contributed by atoms with van der Waals surface area (Å²) >= 11 is 0. The molecule has 3 aromatic rings. The van der Waals surface area contributed by atoms with Crippen LogP contribution in [0.1, 0.15) is 31.2 Å². The Kier molecular flexibility index (Phi) is 5.46. The third kappa shape index (κ3) is 4.23. The van der Waals surface area contributed by atoms with E-state index in [1.165, 1.54) is 0 Å². The molecule has 2 heterocycles. The van der Waals surface area contributed by atoms with Gasteiger partial charge in [-0.2, -0.15) is 0 Å². The molecule has 1 aliphatic rings. The van der Waals surface area contributed by atoms with Gasteiger partial charge in [0.05, 0.1) is 5.52 Å². The Hall–Kier alpha value is -3.35. The number of anilines is 1. The largest absolute Gasteiger partial charge is 0.419 e. The minimum absolute atomic E-state index is 0.0651. The number of aryl methyl sites for hydroxylation is 1. The van der Waals surface area contributed by atoms with Gasteiger partial charge < -0.3 is 14.6 Å². The van der Waals surface area contributed by atoms with Crippen LogP contribution in [0.5, 0.6) is 0 Å². The van der Waals surface area contributed by atoms with Gasteiger partial charge >= 0.3 is 5.76 Å². The highest BCUT2D eigenvalue weighted by molar-refractivity contribution is 5.95. The van der Waals surface area contributed by atoms with Crippen molar-refractivity contribution in [2.45, 2.75) is 38.8 Å². The summed E-state index contributed by atoms with van der Waals surface area (Å²) in [6.45, 7) is 1.63. The number of nitrogens with zero attached hydrogens (tertiary/aromatic N) is 2. The van der Waals surface area contributed by atoms with E-state index in [2.05, 4.69) is 5.32 Å². The van der Waals surface area contributed by atoms with Crippen molar-refractivity contribution < 1.29 is 14.0 Å². The van der Waals surface area contributed by atoms with Crippen LogP contribution < -0.4 is 16.0 Å². The van der Waals surface area contributed by atoms with Crippen molar-refractivity contribution in [2.75, 3.05) is 11.4 Å². The van der Waals surface area contributed by atoms with Crippen LogP contribution in [-0.2, 0) is 22.7 Å². The van der Waals surface area contributed by atoms with E-state index in [-0.39, 0.29) is 11.8 Å². The predicted molar refractivity (Wildman–Crippen MR) is 110 cm³/mol.